The molecule has 2 rings (SSSR count). The van der Waals surface area contributed by atoms with Crippen molar-refractivity contribution in [3.05, 3.63) is 84.6 Å². The normalized spacial score (nSPS) is 11.7. The highest BCUT2D eigenvalue weighted by molar-refractivity contribution is 5.80. The van der Waals surface area contributed by atoms with Gasteiger partial charge in [0.25, 0.3) is 0 Å². The van der Waals surface area contributed by atoms with E-state index in [9.17, 15) is 0 Å². The second-order valence-electron chi connectivity index (χ2n) is 6.60. The van der Waals surface area contributed by atoms with Crippen LogP contribution in [0.4, 0.5) is 0 Å². The molecule has 0 atom stereocenters. The average molecular weight is 392 g/mol. The van der Waals surface area contributed by atoms with E-state index in [1.165, 1.54) is 0 Å². The van der Waals surface area contributed by atoms with Crippen LogP contribution in [0, 0.1) is 0 Å². The van der Waals surface area contributed by atoms with E-state index in [4.69, 9.17) is 14.2 Å². The molecule has 0 unspecified atom stereocenters. The van der Waals surface area contributed by atoms with Gasteiger partial charge in [-0.05, 0) is 67.0 Å². The summed E-state index contributed by atoms with van der Waals surface area (Å²) >= 11 is 0. The molecule has 152 valence electrons. The molecular formula is C25H29NO3. The largest absolute Gasteiger partial charge is 0.491 e. The first-order chi connectivity index (χ1) is 14.1. The van der Waals surface area contributed by atoms with Crippen LogP contribution >= 0.6 is 0 Å². The smallest absolute Gasteiger partial charge is 0.119 e. The Hall–Kier alpha value is -3.11. The molecule has 0 saturated carbocycles. The fraction of sp³-hybridized carbons (Fsp3) is 0.240. The highest BCUT2D eigenvalue weighted by atomic mass is 16.5. The lowest BCUT2D eigenvalue weighted by Crippen LogP contribution is -2.05. The van der Waals surface area contributed by atoms with Gasteiger partial charge in [0.05, 0.1) is 12.7 Å². The third-order valence-corrected chi connectivity index (χ3v) is 3.86. The van der Waals surface area contributed by atoms with Gasteiger partial charge in [-0.15, -0.1) is 0 Å². The van der Waals surface area contributed by atoms with E-state index < -0.39 is 0 Å². The topological polar surface area (TPSA) is 40.0 Å². The van der Waals surface area contributed by atoms with Crippen molar-refractivity contribution in [1.29, 1.82) is 0 Å². The van der Waals surface area contributed by atoms with Gasteiger partial charge in [-0.25, -0.2) is 0 Å². The van der Waals surface area contributed by atoms with Crippen molar-refractivity contribution in [2.45, 2.75) is 20.0 Å². The molecule has 0 bridgehead atoms. The van der Waals surface area contributed by atoms with Gasteiger partial charge in [-0.1, -0.05) is 36.9 Å². The first kappa shape index (κ1) is 22.2. The van der Waals surface area contributed by atoms with Crippen LogP contribution in [0.15, 0.2) is 78.5 Å². The highest BCUT2D eigenvalue weighted by Crippen LogP contribution is 2.19. The average Bonchev–Trinajstić information content (AvgIpc) is 2.72. The van der Waals surface area contributed by atoms with Crippen molar-refractivity contribution in [2.75, 3.05) is 20.3 Å². The molecule has 4 heteroatoms. The predicted octanol–water partition coefficient (Wildman–Crippen LogP) is 5.81. The lowest BCUT2D eigenvalue weighted by Gasteiger charge is -2.10. The molecule has 0 saturated heterocycles. The van der Waals surface area contributed by atoms with E-state index in [1.807, 2.05) is 80.6 Å². The van der Waals surface area contributed by atoms with E-state index in [0.717, 1.165) is 28.2 Å². The summed E-state index contributed by atoms with van der Waals surface area (Å²) in [6.45, 7) is 9.23. The third kappa shape index (κ3) is 8.62. The fourth-order valence-electron chi connectivity index (χ4n) is 2.42. The minimum Gasteiger partial charge on any atom is -0.491 e. The van der Waals surface area contributed by atoms with Crippen LogP contribution in [-0.4, -0.2) is 32.6 Å². The summed E-state index contributed by atoms with van der Waals surface area (Å²) in [6.07, 6.45) is 9.40. The Morgan fingerprint density at radius 1 is 1.00 bits per heavy atom. The van der Waals surface area contributed by atoms with Crippen LogP contribution in [0.5, 0.6) is 11.5 Å². The highest BCUT2D eigenvalue weighted by Gasteiger charge is 1.99. The van der Waals surface area contributed by atoms with Crippen LogP contribution in [0.25, 0.3) is 11.6 Å². The van der Waals surface area contributed by atoms with Crippen molar-refractivity contribution < 1.29 is 14.2 Å². The summed E-state index contributed by atoms with van der Waals surface area (Å²) in [7, 11) is 1.66. The Morgan fingerprint density at radius 2 is 1.69 bits per heavy atom. The summed E-state index contributed by atoms with van der Waals surface area (Å²) in [4.78, 5) is 4.26. The Balaban J connectivity index is 1.79. The lowest BCUT2D eigenvalue weighted by molar-refractivity contribution is 0.146. The number of allylic oxidation sites excluding steroid dienone is 3. The zero-order valence-corrected chi connectivity index (χ0v) is 17.4. The van der Waals surface area contributed by atoms with Gasteiger partial charge in [0.2, 0.25) is 0 Å². The van der Waals surface area contributed by atoms with Crippen molar-refractivity contribution in [3.8, 4) is 11.5 Å². The van der Waals surface area contributed by atoms with Crippen LogP contribution in [0.2, 0.25) is 0 Å². The molecule has 0 amide bonds. The molecule has 29 heavy (non-hydrogen) atoms. The zero-order chi connectivity index (χ0) is 20.9. The van der Waals surface area contributed by atoms with Crippen molar-refractivity contribution in [3.63, 3.8) is 0 Å². The standard InChI is InChI=1S/C25H29NO3/c1-20(2)29-25-13-9-23(10-14-25)21(3)6-5-16-26-17-15-22-7-11-24(12-8-22)28-19-18-27-4/h5-17,20H,3,18-19H2,1-2,4H3/b6-5-,17-15+,26-16+. The van der Waals surface area contributed by atoms with E-state index in [1.54, 1.807) is 19.5 Å². The van der Waals surface area contributed by atoms with Gasteiger partial charge in [0, 0.05) is 19.5 Å². The number of ether oxygens (including phenoxy) is 3. The molecule has 0 aliphatic rings. The lowest BCUT2D eigenvalue weighted by atomic mass is 10.1. The zero-order valence-electron chi connectivity index (χ0n) is 17.4. The maximum atomic E-state index is 5.65. The molecule has 0 radical (unpaired) electrons. The summed E-state index contributed by atoms with van der Waals surface area (Å²) in [6, 6.07) is 15.8. The number of hydrogen-bond acceptors (Lipinski definition) is 4. The predicted molar refractivity (Wildman–Crippen MR) is 122 cm³/mol. The Morgan fingerprint density at radius 3 is 2.34 bits per heavy atom. The molecule has 0 heterocycles. The van der Waals surface area contributed by atoms with E-state index in [0.29, 0.717) is 13.2 Å². The molecule has 0 aliphatic carbocycles. The van der Waals surface area contributed by atoms with E-state index >= 15 is 0 Å². The van der Waals surface area contributed by atoms with Crippen LogP contribution in [-0.2, 0) is 4.74 Å². The molecule has 0 aliphatic heterocycles. The molecular weight excluding hydrogens is 362 g/mol. The Bertz CT molecular complexity index is 831. The molecule has 0 spiro atoms. The number of methoxy groups -OCH3 is 1. The van der Waals surface area contributed by atoms with Crippen molar-refractivity contribution in [1.82, 2.24) is 0 Å². The van der Waals surface area contributed by atoms with E-state index in [2.05, 4.69) is 11.6 Å². The van der Waals surface area contributed by atoms with Gasteiger partial charge in [0.1, 0.15) is 18.1 Å². The first-order valence-electron chi connectivity index (χ1n) is 9.62. The van der Waals surface area contributed by atoms with Crippen molar-refractivity contribution >= 4 is 17.9 Å². The van der Waals surface area contributed by atoms with Crippen LogP contribution in [0.1, 0.15) is 25.0 Å². The summed E-state index contributed by atoms with van der Waals surface area (Å²) < 4.78 is 16.2. The third-order valence-electron chi connectivity index (χ3n) is 3.86. The minimum absolute atomic E-state index is 0.167. The van der Waals surface area contributed by atoms with E-state index in [-0.39, 0.29) is 6.10 Å². The summed E-state index contributed by atoms with van der Waals surface area (Å²) in [5.41, 5.74) is 3.02. The molecule has 0 N–H and O–H groups in total. The quantitative estimate of drug-likeness (QED) is 0.276. The number of nitrogens with zero attached hydrogens (tertiary/aromatic N) is 1. The Labute approximate surface area is 173 Å². The number of aliphatic imine (C=N–C) groups is 1. The SMILES string of the molecule is C=C(\C=C/C=N/C=C/c1ccc(OCCOC)cc1)c1ccc(OC(C)C)cc1. The first-order valence-corrected chi connectivity index (χ1v) is 9.62. The molecule has 2 aromatic rings. The second-order valence-corrected chi connectivity index (χ2v) is 6.60. The minimum atomic E-state index is 0.167. The number of rotatable bonds is 11. The Kier molecular flexibility index (Phi) is 9.46. The van der Waals surface area contributed by atoms with Crippen molar-refractivity contribution in [2.24, 2.45) is 4.99 Å². The fourth-order valence-corrected chi connectivity index (χ4v) is 2.42. The maximum absolute atomic E-state index is 5.65. The summed E-state index contributed by atoms with van der Waals surface area (Å²) in [5.74, 6) is 1.69. The molecule has 0 aromatic heterocycles. The number of hydrogen-bond donors (Lipinski definition) is 0. The number of benzene rings is 2. The van der Waals surface area contributed by atoms with Gasteiger partial charge in [-0.2, -0.15) is 0 Å². The molecule has 4 nitrogen and oxygen atoms in total. The van der Waals surface area contributed by atoms with Crippen LogP contribution in [0.3, 0.4) is 0 Å². The van der Waals surface area contributed by atoms with Gasteiger partial charge in [-0.3, -0.25) is 4.99 Å². The van der Waals surface area contributed by atoms with Gasteiger partial charge < -0.3 is 14.2 Å². The van der Waals surface area contributed by atoms with Crippen LogP contribution < -0.4 is 9.47 Å². The molecule has 0 fully saturated rings. The van der Waals surface area contributed by atoms with Gasteiger partial charge >= 0.3 is 0 Å². The molecule has 2 aromatic carbocycles. The summed E-state index contributed by atoms with van der Waals surface area (Å²) in [5, 5.41) is 0. The monoisotopic (exact) mass is 391 g/mol. The van der Waals surface area contributed by atoms with Gasteiger partial charge in [0.15, 0.2) is 0 Å². The second kappa shape index (κ2) is 12.4. The maximum Gasteiger partial charge on any atom is 0.119 e.